The molecular formula is C18H27ClN2O2. The Hall–Kier alpha value is -1.26. The van der Waals surface area contributed by atoms with Crippen molar-refractivity contribution in [2.24, 2.45) is 5.92 Å². The number of hydrogen-bond acceptors (Lipinski definition) is 3. The molecular weight excluding hydrogens is 312 g/mol. The van der Waals surface area contributed by atoms with Crippen molar-refractivity contribution in [3.63, 3.8) is 0 Å². The summed E-state index contributed by atoms with van der Waals surface area (Å²) in [5.41, 5.74) is 1.74. The van der Waals surface area contributed by atoms with Crippen LogP contribution in [0.15, 0.2) is 18.2 Å². The lowest BCUT2D eigenvalue weighted by Crippen LogP contribution is -2.69. The molecule has 3 fully saturated rings. The van der Waals surface area contributed by atoms with Crippen molar-refractivity contribution in [1.29, 1.82) is 0 Å². The van der Waals surface area contributed by atoms with Crippen molar-refractivity contribution >= 4 is 18.3 Å². The predicted octanol–water partition coefficient (Wildman–Crippen LogP) is 3.03. The Bertz CT molecular complexity index is 580. The number of methoxy groups -OCH3 is 1. The first-order valence-electron chi connectivity index (χ1n) is 8.14. The molecule has 3 aliphatic rings. The Morgan fingerprint density at radius 2 is 1.96 bits per heavy atom. The van der Waals surface area contributed by atoms with Crippen molar-refractivity contribution in [3.05, 3.63) is 29.3 Å². The van der Waals surface area contributed by atoms with Crippen molar-refractivity contribution in [1.82, 2.24) is 10.2 Å². The largest absolute Gasteiger partial charge is 0.496 e. The monoisotopic (exact) mass is 338 g/mol. The summed E-state index contributed by atoms with van der Waals surface area (Å²) in [5, 5.41) is 3.30. The van der Waals surface area contributed by atoms with E-state index >= 15 is 0 Å². The minimum Gasteiger partial charge on any atom is -0.496 e. The molecule has 2 bridgehead atoms. The Balaban J connectivity index is 0.00000192. The lowest BCUT2D eigenvalue weighted by atomic mass is 9.72. The fraction of sp³-hybridized carbons (Fsp3) is 0.611. The summed E-state index contributed by atoms with van der Waals surface area (Å²) < 4.78 is 5.26. The molecule has 0 saturated carbocycles. The standard InChI is InChI=1S/C18H26N2O2.ClH/c1-12-11-14(5-6-15(12)22-4)17(21)19-16-13-7-9-20(10-8-13)18(16,2)3;/h5-6,11,13,16H,7-10H2,1-4H3,(H,19,21);1H. The van der Waals surface area contributed by atoms with E-state index in [0.29, 0.717) is 11.5 Å². The predicted molar refractivity (Wildman–Crippen MR) is 94.6 cm³/mol. The SMILES string of the molecule is COc1ccc(C(=O)NC2C3CCN(CC3)C2(C)C)cc1C.Cl. The van der Waals surface area contributed by atoms with Gasteiger partial charge in [-0.1, -0.05) is 0 Å². The van der Waals surface area contributed by atoms with Gasteiger partial charge < -0.3 is 10.1 Å². The molecule has 0 spiro atoms. The topological polar surface area (TPSA) is 41.6 Å². The second-order valence-corrected chi connectivity index (χ2v) is 7.11. The average molecular weight is 339 g/mol. The molecule has 1 amide bonds. The van der Waals surface area contributed by atoms with Gasteiger partial charge >= 0.3 is 0 Å². The van der Waals surface area contributed by atoms with Crippen LogP contribution in [0.1, 0.15) is 42.6 Å². The minimum atomic E-state index is 0. The number of amides is 1. The van der Waals surface area contributed by atoms with Crippen LogP contribution in [0.25, 0.3) is 0 Å². The van der Waals surface area contributed by atoms with E-state index in [2.05, 4.69) is 24.1 Å². The summed E-state index contributed by atoms with van der Waals surface area (Å²) in [6.45, 7) is 8.79. The highest BCUT2D eigenvalue weighted by Crippen LogP contribution is 2.39. The summed E-state index contributed by atoms with van der Waals surface area (Å²) in [6, 6.07) is 5.84. The number of hydrogen-bond donors (Lipinski definition) is 1. The highest BCUT2D eigenvalue weighted by molar-refractivity contribution is 5.95. The maximum atomic E-state index is 12.7. The van der Waals surface area contributed by atoms with Gasteiger partial charge in [0.25, 0.3) is 5.91 Å². The Morgan fingerprint density at radius 1 is 1.30 bits per heavy atom. The third kappa shape index (κ3) is 3.20. The van der Waals surface area contributed by atoms with Gasteiger partial charge in [-0.25, -0.2) is 0 Å². The van der Waals surface area contributed by atoms with Gasteiger partial charge in [-0.2, -0.15) is 0 Å². The quantitative estimate of drug-likeness (QED) is 0.921. The number of rotatable bonds is 3. The zero-order chi connectivity index (χ0) is 15.9. The molecule has 1 unspecified atom stereocenters. The maximum absolute atomic E-state index is 12.7. The number of carbonyl (C=O) groups excluding carboxylic acids is 1. The Labute approximate surface area is 145 Å². The molecule has 0 radical (unpaired) electrons. The number of ether oxygens (including phenoxy) is 1. The number of nitrogens with zero attached hydrogens (tertiary/aromatic N) is 1. The summed E-state index contributed by atoms with van der Waals surface area (Å²) in [4.78, 5) is 15.2. The molecule has 1 N–H and O–H groups in total. The molecule has 1 atom stereocenters. The number of piperidine rings is 3. The third-order valence-corrected chi connectivity index (χ3v) is 5.53. The normalized spacial score (nSPS) is 27.9. The van der Waals surface area contributed by atoms with Crippen LogP contribution >= 0.6 is 12.4 Å². The van der Waals surface area contributed by atoms with Crippen LogP contribution in [0.5, 0.6) is 5.75 Å². The lowest BCUT2D eigenvalue weighted by Gasteiger charge is -2.56. The van der Waals surface area contributed by atoms with Crippen molar-refractivity contribution < 1.29 is 9.53 Å². The molecule has 23 heavy (non-hydrogen) atoms. The molecule has 1 aromatic carbocycles. The summed E-state index contributed by atoms with van der Waals surface area (Å²) in [5.74, 6) is 1.44. The van der Waals surface area contributed by atoms with Crippen molar-refractivity contribution in [2.75, 3.05) is 20.2 Å². The molecule has 5 heteroatoms. The summed E-state index contributed by atoms with van der Waals surface area (Å²) in [7, 11) is 1.65. The second-order valence-electron chi connectivity index (χ2n) is 7.11. The van der Waals surface area contributed by atoms with E-state index in [9.17, 15) is 4.79 Å². The first-order chi connectivity index (χ1) is 10.4. The third-order valence-electron chi connectivity index (χ3n) is 5.53. The minimum absolute atomic E-state index is 0. The number of fused-ring (bicyclic) bond motifs is 3. The van der Waals surface area contributed by atoms with Gasteiger partial charge in [0, 0.05) is 17.1 Å². The van der Waals surface area contributed by atoms with Gasteiger partial charge in [0.15, 0.2) is 0 Å². The molecule has 0 aliphatic carbocycles. The van der Waals surface area contributed by atoms with Gasteiger partial charge in [-0.15, -0.1) is 12.4 Å². The van der Waals surface area contributed by atoms with Gasteiger partial charge in [0.1, 0.15) is 5.75 Å². The van der Waals surface area contributed by atoms with Crippen LogP contribution < -0.4 is 10.1 Å². The number of aryl methyl sites for hydroxylation is 1. The second kappa shape index (κ2) is 6.70. The number of halogens is 1. The van der Waals surface area contributed by atoms with Crippen molar-refractivity contribution in [2.45, 2.75) is 45.2 Å². The average Bonchev–Trinajstić information content (AvgIpc) is 2.51. The van der Waals surface area contributed by atoms with Crippen LogP contribution in [-0.2, 0) is 0 Å². The molecule has 1 aromatic rings. The highest BCUT2D eigenvalue weighted by atomic mass is 35.5. The van der Waals surface area contributed by atoms with Crippen LogP contribution in [-0.4, -0.2) is 42.6 Å². The molecule has 3 heterocycles. The van der Waals surface area contributed by atoms with E-state index in [1.54, 1.807) is 7.11 Å². The Kier molecular flexibility index (Phi) is 5.27. The Morgan fingerprint density at radius 3 is 2.48 bits per heavy atom. The van der Waals surface area contributed by atoms with E-state index in [1.165, 1.54) is 12.8 Å². The van der Waals surface area contributed by atoms with Gasteiger partial charge in [0.05, 0.1) is 7.11 Å². The van der Waals surface area contributed by atoms with Crippen molar-refractivity contribution in [3.8, 4) is 5.75 Å². The van der Waals surface area contributed by atoms with E-state index in [4.69, 9.17) is 4.74 Å². The summed E-state index contributed by atoms with van der Waals surface area (Å²) >= 11 is 0. The number of nitrogens with one attached hydrogen (secondary N) is 1. The van der Waals surface area contributed by atoms with Gasteiger partial charge in [-0.05, 0) is 76.4 Å². The first-order valence-corrected chi connectivity index (χ1v) is 8.14. The van der Waals surface area contributed by atoms with E-state index in [-0.39, 0.29) is 29.9 Å². The van der Waals surface area contributed by atoms with E-state index in [1.807, 2.05) is 25.1 Å². The zero-order valence-corrected chi connectivity index (χ0v) is 15.2. The van der Waals surface area contributed by atoms with Gasteiger partial charge in [-0.3, -0.25) is 9.69 Å². The highest BCUT2D eigenvalue weighted by Gasteiger charge is 2.48. The maximum Gasteiger partial charge on any atom is 0.251 e. The molecule has 0 aromatic heterocycles. The van der Waals surface area contributed by atoms with Crippen LogP contribution in [0.4, 0.5) is 0 Å². The first kappa shape index (κ1) is 18.1. The fourth-order valence-electron chi connectivity index (χ4n) is 4.12. The van der Waals surface area contributed by atoms with E-state index < -0.39 is 0 Å². The number of carbonyl (C=O) groups is 1. The van der Waals surface area contributed by atoms with Crippen LogP contribution in [0.2, 0.25) is 0 Å². The lowest BCUT2D eigenvalue weighted by molar-refractivity contribution is -0.0378. The van der Waals surface area contributed by atoms with E-state index in [0.717, 1.165) is 24.4 Å². The summed E-state index contributed by atoms with van der Waals surface area (Å²) in [6.07, 6.45) is 2.38. The molecule has 3 saturated heterocycles. The molecule has 128 valence electrons. The molecule has 3 aliphatic heterocycles. The van der Waals surface area contributed by atoms with Crippen LogP contribution in [0, 0.1) is 12.8 Å². The molecule has 4 rings (SSSR count). The van der Waals surface area contributed by atoms with Gasteiger partial charge in [0.2, 0.25) is 0 Å². The number of benzene rings is 1. The molecule has 4 nitrogen and oxygen atoms in total. The smallest absolute Gasteiger partial charge is 0.251 e. The zero-order valence-electron chi connectivity index (χ0n) is 14.4. The van der Waals surface area contributed by atoms with Crippen LogP contribution in [0.3, 0.4) is 0 Å². The fourth-order valence-corrected chi connectivity index (χ4v) is 4.12.